The molecule has 5 heteroatoms. The van der Waals surface area contributed by atoms with Gasteiger partial charge in [-0.05, 0) is 19.1 Å². The topological polar surface area (TPSA) is 64.3 Å². The molecule has 0 saturated heterocycles. The predicted octanol–water partition coefficient (Wildman–Crippen LogP) is 2.36. The Kier molecular flexibility index (Phi) is 4.18. The molecule has 1 N–H and O–H groups in total. The lowest BCUT2D eigenvalue weighted by Crippen LogP contribution is -2.08. The van der Waals surface area contributed by atoms with Crippen LogP contribution in [0.25, 0.3) is 0 Å². The number of nitrogens with zero attached hydrogens (tertiary/aromatic N) is 2. The monoisotopic (exact) mass is 260 g/mol. The maximum atomic E-state index is 10.9. The van der Waals surface area contributed by atoms with E-state index in [0.717, 1.165) is 12.2 Å². The van der Waals surface area contributed by atoms with Crippen molar-refractivity contribution in [1.29, 1.82) is 0 Å². The largest absolute Gasteiger partial charge is 0.494 e. The van der Waals surface area contributed by atoms with Gasteiger partial charge in [-0.1, -0.05) is 18.2 Å². The Morgan fingerprint density at radius 3 is 2.74 bits per heavy atom. The summed E-state index contributed by atoms with van der Waals surface area (Å²) < 4.78 is 7.26. The summed E-state index contributed by atoms with van der Waals surface area (Å²) in [5, 5.41) is 13.0. The van der Waals surface area contributed by atoms with Crippen molar-refractivity contribution in [3.8, 4) is 5.75 Å². The molecule has 100 valence electrons. The summed E-state index contributed by atoms with van der Waals surface area (Å²) in [7, 11) is 0. The quantitative estimate of drug-likeness (QED) is 0.810. The first-order chi connectivity index (χ1) is 9.18. The summed E-state index contributed by atoms with van der Waals surface area (Å²) in [5.41, 5.74) is 0.927. The smallest absolute Gasteiger partial charge is 0.339 e. The highest BCUT2D eigenvalue weighted by molar-refractivity contribution is 5.88. The Labute approximate surface area is 111 Å². The molecule has 2 rings (SSSR count). The summed E-state index contributed by atoms with van der Waals surface area (Å²) >= 11 is 0. The van der Waals surface area contributed by atoms with Crippen LogP contribution in [0.1, 0.15) is 22.5 Å². The van der Waals surface area contributed by atoms with Crippen LogP contribution in [0.4, 0.5) is 0 Å². The van der Waals surface area contributed by atoms with Crippen molar-refractivity contribution in [2.75, 3.05) is 6.61 Å². The SMILES string of the molecule is Cc1c(C(=O)O)cnn1CCCOc1ccccc1. The number of hydrogen-bond acceptors (Lipinski definition) is 3. The summed E-state index contributed by atoms with van der Waals surface area (Å²) in [5.74, 6) is -0.102. The second-order valence-corrected chi connectivity index (χ2v) is 4.19. The van der Waals surface area contributed by atoms with E-state index in [9.17, 15) is 4.79 Å². The summed E-state index contributed by atoms with van der Waals surface area (Å²) in [6.45, 7) is 2.98. The standard InChI is InChI=1S/C14H16N2O3/c1-11-13(14(17)18)10-15-16(11)8-5-9-19-12-6-3-2-4-7-12/h2-4,6-7,10H,5,8-9H2,1H3,(H,17,18). The van der Waals surface area contributed by atoms with Crippen molar-refractivity contribution in [2.45, 2.75) is 19.9 Å². The Bertz CT molecular complexity index is 549. The highest BCUT2D eigenvalue weighted by atomic mass is 16.5. The van der Waals surface area contributed by atoms with Gasteiger partial charge in [-0.3, -0.25) is 4.68 Å². The lowest BCUT2D eigenvalue weighted by atomic mass is 10.2. The van der Waals surface area contributed by atoms with Crippen molar-refractivity contribution in [1.82, 2.24) is 9.78 Å². The third kappa shape index (κ3) is 3.34. The highest BCUT2D eigenvalue weighted by Gasteiger charge is 2.12. The van der Waals surface area contributed by atoms with E-state index >= 15 is 0 Å². The average Bonchev–Trinajstić information content (AvgIpc) is 2.77. The van der Waals surface area contributed by atoms with Gasteiger partial charge in [0.05, 0.1) is 12.8 Å². The zero-order valence-electron chi connectivity index (χ0n) is 10.7. The van der Waals surface area contributed by atoms with E-state index in [4.69, 9.17) is 9.84 Å². The molecule has 0 aliphatic carbocycles. The Balaban J connectivity index is 1.82. The average molecular weight is 260 g/mol. The van der Waals surface area contributed by atoms with Crippen LogP contribution in [0.15, 0.2) is 36.5 Å². The molecule has 19 heavy (non-hydrogen) atoms. The molecule has 0 aliphatic rings. The van der Waals surface area contributed by atoms with E-state index in [0.29, 0.717) is 18.8 Å². The molecular weight excluding hydrogens is 244 g/mol. The zero-order chi connectivity index (χ0) is 13.7. The van der Waals surface area contributed by atoms with E-state index in [1.165, 1.54) is 6.20 Å². The van der Waals surface area contributed by atoms with Crippen molar-refractivity contribution < 1.29 is 14.6 Å². The van der Waals surface area contributed by atoms with Crippen LogP contribution in [0.2, 0.25) is 0 Å². The van der Waals surface area contributed by atoms with E-state index in [1.807, 2.05) is 30.3 Å². The Morgan fingerprint density at radius 2 is 2.11 bits per heavy atom. The first kappa shape index (κ1) is 13.1. The summed E-state index contributed by atoms with van der Waals surface area (Å²) in [4.78, 5) is 10.9. The van der Waals surface area contributed by atoms with E-state index < -0.39 is 5.97 Å². The highest BCUT2D eigenvalue weighted by Crippen LogP contribution is 2.10. The molecule has 0 bridgehead atoms. The molecule has 0 spiro atoms. The molecule has 5 nitrogen and oxygen atoms in total. The number of ether oxygens (including phenoxy) is 1. The third-order valence-electron chi connectivity index (χ3n) is 2.86. The normalized spacial score (nSPS) is 10.4. The van der Waals surface area contributed by atoms with Gasteiger partial charge in [-0.25, -0.2) is 4.79 Å². The van der Waals surface area contributed by atoms with Gasteiger partial charge >= 0.3 is 5.97 Å². The summed E-state index contributed by atoms with van der Waals surface area (Å²) in [6.07, 6.45) is 2.16. The molecule has 2 aromatic rings. The fourth-order valence-electron chi connectivity index (χ4n) is 1.80. The number of rotatable bonds is 6. The van der Waals surface area contributed by atoms with Crippen LogP contribution in [-0.4, -0.2) is 27.5 Å². The lowest BCUT2D eigenvalue weighted by Gasteiger charge is -2.07. The van der Waals surface area contributed by atoms with Crippen molar-refractivity contribution in [2.24, 2.45) is 0 Å². The molecule has 0 aliphatic heterocycles. The number of aromatic carboxylic acids is 1. The Hall–Kier alpha value is -2.30. The molecule has 1 heterocycles. The van der Waals surface area contributed by atoms with Crippen LogP contribution >= 0.6 is 0 Å². The van der Waals surface area contributed by atoms with Gasteiger partial charge in [0, 0.05) is 18.7 Å². The van der Waals surface area contributed by atoms with E-state index in [-0.39, 0.29) is 5.56 Å². The maximum Gasteiger partial charge on any atom is 0.339 e. The first-order valence-electron chi connectivity index (χ1n) is 6.12. The number of para-hydroxylation sites is 1. The predicted molar refractivity (Wildman–Crippen MR) is 70.5 cm³/mol. The van der Waals surface area contributed by atoms with Gasteiger partial charge in [0.15, 0.2) is 0 Å². The maximum absolute atomic E-state index is 10.9. The number of carboxylic acid groups (broad SMARTS) is 1. The van der Waals surface area contributed by atoms with Gasteiger partial charge in [0.2, 0.25) is 0 Å². The fraction of sp³-hybridized carbons (Fsp3) is 0.286. The summed E-state index contributed by atoms with van der Waals surface area (Å²) in [6, 6.07) is 9.59. The minimum absolute atomic E-state index is 0.254. The molecule has 1 aromatic heterocycles. The molecule has 0 amide bonds. The van der Waals surface area contributed by atoms with Gasteiger partial charge in [0.1, 0.15) is 11.3 Å². The van der Waals surface area contributed by atoms with Crippen LogP contribution in [-0.2, 0) is 6.54 Å². The van der Waals surface area contributed by atoms with Gasteiger partial charge in [0.25, 0.3) is 0 Å². The van der Waals surface area contributed by atoms with E-state index in [2.05, 4.69) is 5.10 Å². The number of carbonyl (C=O) groups is 1. The number of benzene rings is 1. The zero-order valence-corrected chi connectivity index (χ0v) is 10.7. The van der Waals surface area contributed by atoms with Crippen molar-refractivity contribution in [3.05, 3.63) is 47.8 Å². The lowest BCUT2D eigenvalue weighted by molar-refractivity contribution is 0.0696. The van der Waals surface area contributed by atoms with Crippen LogP contribution in [0, 0.1) is 6.92 Å². The minimum Gasteiger partial charge on any atom is -0.494 e. The molecule has 0 saturated carbocycles. The van der Waals surface area contributed by atoms with Gasteiger partial charge in [-0.15, -0.1) is 0 Å². The fourth-order valence-corrected chi connectivity index (χ4v) is 1.80. The molecule has 0 fully saturated rings. The Morgan fingerprint density at radius 1 is 1.37 bits per heavy atom. The van der Waals surface area contributed by atoms with Crippen molar-refractivity contribution in [3.63, 3.8) is 0 Å². The van der Waals surface area contributed by atoms with Crippen LogP contribution < -0.4 is 4.74 Å². The first-order valence-corrected chi connectivity index (χ1v) is 6.12. The van der Waals surface area contributed by atoms with Gasteiger partial charge < -0.3 is 9.84 Å². The van der Waals surface area contributed by atoms with Gasteiger partial charge in [-0.2, -0.15) is 5.10 Å². The van der Waals surface area contributed by atoms with Crippen LogP contribution in [0.5, 0.6) is 5.75 Å². The van der Waals surface area contributed by atoms with E-state index in [1.54, 1.807) is 11.6 Å². The third-order valence-corrected chi connectivity index (χ3v) is 2.86. The van der Waals surface area contributed by atoms with Crippen molar-refractivity contribution >= 4 is 5.97 Å². The number of carboxylic acids is 1. The number of aryl methyl sites for hydroxylation is 1. The number of hydrogen-bond donors (Lipinski definition) is 1. The molecule has 0 unspecified atom stereocenters. The second-order valence-electron chi connectivity index (χ2n) is 4.19. The molecular formula is C14H16N2O3. The second kappa shape index (κ2) is 6.04. The van der Waals surface area contributed by atoms with Crippen LogP contribution in [0.3, 0.4) is 0 Å². The minimum atomic E-state index is -0.940. The molecule has 0 radical (unpaired) electrons. The molecule has 0 atom stereocenters. The number of aromatic nitrogens is 2. The molecule has 1 aromatic carbocycles.